The van der Waals surface area contributed by atoms with Gasteiger partial charge >= 0.3 is 11.9 Å². The van der Waals surface area contributed by atoms with Gasteiger partial charge in [-0.2, -0.15) is 0 Å². The highest BCUT2D eigenvalue weighted by Crippen LogP contribution is 2.30. The molecule has 0 N–H and O–H groups in total. The van der Waals surface area contributed by atoms with Crippen molar-refractivity contribution in [2.75, 3.05) is 0 Å². The number of hydrogen-bond donors (Lipinski definition) is 0. The number of ether oxygens (including phenoxy) is 2. The van der Waals surface area contributed by atoms with Gasteiger partial charge < -0.3 is 9.47 Å². The molecule has 3 rings (SSSR count). The molecular weight excluding hydrogens is 411 g/mol. The van der Waals surface area contributed by atoms with Crippen molar-refractivity contribution in [2.24, 2.45) is 0 Å². The number of esters is 2. The van der Waals surface area contributed by atoms with Crippen LogP contribution in [0.2, 0.25) is 15.1 Å². The normalized spacial score (nSPS) is 10.3. The van der Waals surface area contributed by atoms with Crippen LogP contribution in [0.4, 0.5) is 0 Å². The van der Waals surface area contributed by atoms with Crippen molar-refractivity contribution in [3.8, 4) is 11.5 Å². The standard InChI is InChI=1S/C20H11Cl3O4/c21-14-5-1-12(2-6-14)19(24)26-16-9-10-17(23)18(11-16)27-20(25)13-3-7-15(22)8-4-13/h1-11H. The molecule has 0 heterocycles. The Balaban J connectivity index is 1.75. The molecule has 27 heavy (non-hydrogen) atoms. The quantitative estimate of drug-likeness (QED) is 0.378. The Labute approximate surface area is 170 Å². The number of hydrogen-bond acceptors (Lipinski definition) is 4. The van der Waals surface area contributed by atoms with Crippen molar-refractivity contribution in [1.82, 2.24) is 0 Å². The molecule has 0 aliphatic heterocycles. The summed E-state index contributed by atoms with van der Waals surface area (Å²) in [5.41, 5.74) is 0.632. The van der Waals surface area contributed by atoms with Crippen LogP contribution in [-0.4, -0.2) is 11.9 Å². The lowest BCUT2D eigenvalue weighted by Gasteiger charge is -2.09. The zero-order chi connectivity index (χ0) is 19.4. The molecule has 0 amide bonds. The van der Waals surface area contributed by atoms with Crippen molar-refractivity contribution in [1.29, 1.82) is 0 Å². The van der Waals surface area contributed by atoms with Gasteiger partial charge in [0.25, 0.3) is 0 Å². The lowest BCUT2D eigenvalue weighted by atomic mass is 10.2. The van der Waals surface area contributed by atoms with Crippen molar-refractivity contribution in [3.63, 3.8) is 0 Å². The summed E-state index contributed by atoms with van der Waals surface area (Å²) in [5.74, 6) is -0.949. The van der Waals surface area contributed by atoms with E-state index in [0.717, 1.165) is 0 Å². The summed E-state index contributed by atoms with van der Waals surface area (Å²) in [4.78, 5) is 24.4. The molecule has 0 atom stereocenters. The first-order valence-corrected chi connectivity index (χ1v) is 8.81. The summed E-state index contributed by atoms with van der Waals surface area (Å²) in [7, 11) is 0. The van der Waals surface area contributed by atoms with E-state index in [1.807, 2.05) is 0 Å². The predicted molar refractivity (Wildman–Crippen MR) is 104 cm³/mol. The zero-order valence-electron chi connectivity index (χ0n) is 13.6. The molecule has 0 bridgehead atoms. The minimum atomic E-state index is -0.616. The highest BCUT2D eigenvalue weighted by molar-refractivity contribution is 6.32. The number of benzene rings is 3. The molecule has 0 aromatic heterocycles. The van der Waals surface area contributed by atoms with Gasteiger partial charge in [0, 0.05) is 16.1 Å². The largest absolute Gasteiger partial charge is 0.423 e. The smallest absolute Gasteiger partial charge is 0.343 e. The Kier molecular flexibility index (Phi) is 6.01. The lowest BCUT2D eigenvalue weighted by Crippen LogP contribution is -2.10. The maximum atomic E-state index is 12.2. The van der Waals surface area contributed by atoms with Gasteiger partial charge in [0.05, 0.1) is 16.1 Å². The van der Waals surface area contributed by atoms with E-state index in [0.29, 0.717) is 21.2 Å². The third-order valence-electron chi connectivity index (χ3n) is 3.48. The van der Waals surface area contributed by atoms with Gasteiger partial charge in [0.2, 0.25) is 0 Å². The first-order valence-electron chi connectivity index (χ1n) is 7.67. The molecule has 0 spiro atoms. The van der Waals surface area contributed by atoms with Gasteiger partial charge in [0.1, 0.15) is 5.75 Å². The van der Waals surface area contributed by atoms with Gasteiger partial charge in [-0.15, -0.1) is 0 Å². The van der Waals surface area contributed by atoms with Crippen LogP contribution in [0.15, 0.2) is 66.7 Å². The van der Waals surface area contributed by atoms with Gasteiger partial charge in [-0.3, -0.25) is 0 Å². The van der Waals surface area contributed by atoms with Crippen LogP contribution in [0.1, 0.15) is 20.7 Å². The van der Waals surface area contributed by atoms with E-state index in [9.17, 15) is 9.59 Å². The SMILES string of the molecule is O=C(Oc1ccc(Cl)c(OC(=O)c2ccc(Cl)cc2)c1)c1ccc(Cl)cc1. The van der Waals surface area contributed by atoms with Crippen molar-refractivity contribution in [3.05, 3.63) is 92.9 Å². The molecular formula is C20H11Cl3O4. The van der Waals surface area contributed by atoms with E-state index >= 15 is 0 Å². The summed E-state index contributed by atoms with van der Waals surface area (Å²) >= 11 is 17.7. The lowest BCUT2D eigenvalue weighted by molar-refractivity contribution is 0.0733. The Bertz CT molecular complexity index is 983. The van der Waals surface area contributed by atoms with Gasteiger partial charge in [-0.05, 0) is 60.7 Å². The highest BCUT2D eigenvalue weighted by Gasteiger charge is 2.14. The predicted octanol–water partition coefficient (Wildman–Crippen LogP) is 6.09. The van der Waals surface area contributed by atoms with Crippen LogP contribution in [0.25, 0.3) is 0 Å². The maximum Gasteiger partial charge on any atom is 0.343 e. The third kappa shape index (κ3) is 5.01. The number of halogens is 3. The van der Waals surface area contributed by atoms with Crippen molar-refractivity contribution >= 4 is 46.7 Å². The summed E-state index contributed by atoms with van der Waals surface area (Å²) in [5, 5.41) is 1.21. The highest BCUT2D eigenvalue weighted by atomic mass is 35.5. The Hall–Kier alpha value is -2.53. The van der Waals surface area contributed by atoms with Crippen LogP contribution in [0.5, 0.6) is 11.5 Å². The summed E-state index contributed by atoms with van der Waals surface area (Å²) in [6, 6.07) is 16.8. The van der Waals surface area contributed by atoms with E-state index in [2.05, 4.69) is 0 Å². The summed E-state index contributed by atoms with van der Waals surface area (Å²) < 4.78 is 10.6. The van der Waals surface area contributed by atoms with Crippen LogP contribution >= 0.6 is 34.8 Å². The fraction of sp³-hybridized carbons (Fsp3) is 0. The third-order valence-corrected chi connectivity index (χ3v) is 4.29. The molecule has 0 aliphatic carbocycles. The summed E-state index contributed by atoms with van der Waals surface area (Å²) in [6.45, 7) is 0. The van der Waals surface area contributed by atoms with E-state index in [1.165, 1.54) is 30.3 Å². The Morgan fingerprint density at radius 3 is 1.63 bits per heavy atom. The molecule has 0 saturated heterocycles. The molecule has 0 unspecified atom stereocenters. The first-order chi connectivity index (χ1) is 12.9. The van der Waals surface area contributed by atoms with Crippen LogP contribution in [0, 0.1) is 0 Å². The molecule has 4 nitrogen and oxygen atoms in total. The van der Waals surface area contributed by atoms with Gasteiger partial charge in [-0.1, -0.05) is 34.8 Å². The number of carbonyl (C=O) groups excluding carboxylic acids is 2. The maximum absolute atomic E-state index is 12.2. The molecule has 0 saturated carbocycles. The van der Waals surface area contributed by atoms with Crippen molar-refractivity contribution < 1.29 is 19.1 Å². The Morgan fingerprint density at radius 2 is 1.11 bits per heavy atom. The monoisotopic (exact) mass is 420 g/mol. The fourth-order valence-corrected chi connectivity index (χ4v) is 2.53. The van der Waals surface area contributed by atoms with Crippen LogP contribution < -0.4 is 9.47 Å². The first kappa shape index (κ1) is 19.2. The van der Waals surface area contributed by atoms with E-state index < -0.39 is 11.9 Å². The van der Waals surface area contributed by atoms with E-state index in [4.69, 9.17) is 44.3 Å². The molecule has 0 radical (unpaired) electrons. The van der Waals surface area contributed by atoms with Gasteiger partial charge in [-0.25, -0.2) is 9.59 Å². The van der Waals surface area contributed by atoms with Crippen LogP contribution in [0.3, 0.4) is 0 Å². The molecule has 7 heteroatoms. The molecule has 0 fully saturated rings. The minimum Gasteiger partial charge on any atom is -0.423 e. The fourth-order valence-electron chi connectivity index (χ4n) is 2.12. The van der Waals surface area contributed by atoms with E-state index in [-0.39, 0.29) is 16.5 Å². The molecule has 136 valence electrons. The van der Waals surface area contributed by atoms with Gasteiger partial charge in [0.15, 0.2) is 5.75 Å². The second-order valence-electron chi connectivity index (χ2n) is 5.39. The topological polar surface area (TPSA) is 52.6 Å². The molecule has 3 aromatic carbocycles. The zero-order valence-corrected chi connectivity index (χ0v) is 15.9. The van der Waals surface area contributed by atoms with Crippen molar-refractivity contribution in [2.45, 2.75) is 0 Å². The summed E-state index contributed by atoms with van der Waals surface area (Å²) in [6.07, 6.45) is 0. The van der Waals surface area contributed by atoms with Crippen LogP contribution in [-0.2, 0) is 0 Å². The number of rotatable bonds is 4. The van der Waals surface area contributed by atoms with E-state index in [1.54, 1.807) is 36.4 Å². The average Bonchev–Trinajstić information content (AvgIpc) is 2.65. The molecule has 0 aliphatic rings. The minimum absolute atomic E-state index is 0.0676. The average molecular weight is 422 g/mol. The number of carbonyl (C=O) groups is 2. The second kappa shape index (κ2) is 8.44. The molecule has 3 aromatic rings. The second-order valence-corrected chi connectivity index (χ2v) is 6.67. The Morgan fingerprint density at radius 1 is 0.630 bits per heavy atom.